The SMILES string of the molecule is CCc1nc(-c2ccccc2[N+](=O)[O-])nc(Cl)c1C. The van der Waals surface area contributed by atoms with E-state index in [2.05, 4.69) is 9.97 Å². The Balaban J connectivity index is 2.66. The highest BCUT2D eigenvalue weighted by atomic mass is 35.5. The van der Waals surface area contributed by atoms with Crippen molar-refractivity contribution in [3.8, 4) is 11.4 Å². The van der Waals surface area contributed by atoms with E-state index in [0.717, 1.165) is 11.3 Å². The molecular weight excluding hydrogens is 266 g/mol. The third-order valence-electron chi connectivity index (χ3n) is 2.86. The predicted molar refractivity (Wildman–Crippen MR) is 73.2 cm³/mol. The van der Waals surface area contributed by atoms with Crippen LogP contribution in [0.4, 0.5) is 5.69 Å². The van der Waals surface area contributed by atoms with E-state index in [1.807, 2.05) is 13.8 Å². The van der Waals surface area contributed by atoms with Crippen LogP contribution in [0.25, 0.3) is 11.4 Å². The highest BCUT2D eigenvalue weighted by Crippen LogP contribution is 2.29. The van der Waals surface area contributed by atoms with Crippen LogP contribution in [-0.2, 0) is 6.42 Å². The van der Waals surface area contributed by atoms with Crippen LogP contribution in [0.2, 0.25) is 5.15 Å². The summed E-state index contributed by atoms with van der Waals surface area (Å²) in [5.41, 5.74) is 1.97. The number of nitro benzene ring substituents is 1. The monoisotopic (exact) mass is 277 g/mol. The Bertz CT molecular complexity index is 644. The molecule has 0 saturated carbocycles. The molecule has 19 heavy (non-hydrogen) atoms. The Morgan fingerprint density at radius 2 is 2.00 bits per heavy atom. The summed E-state index contributed by atoms with van der Waals surface area (Å²) < 4.78 is 0. The molecule has 0 aliphatic rings. The van der Waals surface area contributed by atoms with Gasteiger partial charge in [0.15, 0.2) is 5.82 Å². The minimum Gasteiger partial charge on any atom is -0.258 e. The van der Waals surface area contributed by atoms with Gasteiger partial charge < -0.3 is 0 Å². The average Bonchev–Trinajstić information content (AvgIpc) is 2.41. The van der Waals surface area contributed by atoms with Crippen LogP contribution in [0.1, 0.15) is 18.2 Å². The van der Waals surface area contributed by atoms with Gasteiger partial charge in [0.2, 0.25) is 0 Å². The molecule has 0 amide bonds. The van der Waals surface area contributed by atoms with Gasteiger partial charge in [-0.2, -0.15) is 0 Å². The number of para-hydroxylation sites is 1. The Labute approximate surface area is 115 Å². The predicted octanol–water partition coefficient (Wildman–Crippen LogP) is 3.58. The smallest absolute Gasteiger partial charge is 0.258 e. The van der Waals surface area contributed by atoms with Crippen molar-refractivity contribution in [1.29, 1.82) is 0 Å². The quantitative estimate of drug-likeness (QED) is 0.488. The van der Waals surface area contributed by atoms with Crippen molar-refractivity contribution in [1.82, 2.24) is 9.97 Å². The van der Waals surface area contributed by atoms with Gasteiger partial charge >= 0.3 is 0 Å². The third-order valence-corrected chi connectivity index (χ3v) is 3.23. The number of aryl methyl sites for hydroxylation is 1. The van der Waals surface area contributed by atoms with E-state index in [1.54, 1.807) is 18.2 Å². The molecule has 0 fully saturated rings. The van der Waals surface area contributed by atoms with Gasteiger partial charge in [0.05, 0.1) is 10.5 Å². The molecule has 2 aromatic rings. The molecule has 0 N–H and O–H groups in total. The zero-order valence-corrected chi connectivity index (χ0v) is 11.3. The summed E-state index contributed by atoms with van der Waals surface area (Å²) in [6.07, 6.45) is 0.696. The molecule has 0 aliphatic carbocycles. The molecule has 2 rings (SSSR count). The van der Waals surface area contributed by atoms with Crippen molar-refractivity contribution < 1.29 is 4.92 Å². The van der Waals surface area contributed by atoms with Crippen molar-refractivity contribution >= 4 is 17.3 Å². The molecule has 98 valence electrons. The zero-order chi connectivity index (χ0) is 14.0. The van der Waals surface area contributed by atoms with Crippen LogP contribution >= 0.6 is 11.6 Å². The summed E-state index contributed by atoms with van der Waals surface area (Å²) in [7, 11) is 0. The summed E-state index contributed by atoms with van der Waals surface area (Å²) in [6, 6.07) is 6.37. The average molecular weight is 278 g/mol. The molecule has 1 aromatic carbocycles. The van der Waals surface area contributed by atoms with Gasteiger partial charge in [-0.3, -0.25) is 10.1 Å². The second-order valence-corrected chi connectivity index (χ2v) is 4.40. The number of benzene rings is 1. The highest BCUT2D eigenvalue weighted by molar-refractivity contribution is 6.30. The van der Waals surface area contributed by atoms with Gasteiger partial charge in [0.1, 0.15) is 5.15 Å². The molecule has 0 spiro atoms. The summed E-state index contributed by atoms with van der Waals surface area (Å²) in [4.78, 5) is 19.1. The van der Waals surface area contributed by atoms with Gasteiger partial charge in [-0.05, 0) is 19.4 Å². The Kier molecular flexibility index (Phi) is 3.76. The number of hydrogen-bond acceptors (Lipinski definition) is 4. The summed E-state index contributed by atoms with van der Waals surface area (Å²) in [6.45, 7) is 3.79. The van der Waals surface area contributed by atoms with Gasteiger partial charge in [-0.1, -0.05) is 30.7 Å². The molecule has 0 aliphatic heterocycles. The fourth-order valence-corrected chi connectivity index (χ4v) is 2.01. The van der Waals surface area contributed by atoms with Crippen LogP contribution in [0, 0.1) is 17.0 Å². The molecule has 0 saturated heterocycles. The second-order valence-electron chi connectivity index (χ2n) is 4.04. The lowest BCUT2D eigenvalue weighted by atomic mass is 10.1. The summed E-state index contributed by atoms with van der Waals surface area (Å²) in [5.74, 6) is 0.291. The Hall–Kier alpha value is -2.01. The summed E-state index contributed by atoms with van der Waals surface area (Å²) in [5, 5.41) is 11.4. The van der Waals surface area contributed by atoms with E-state index < -0.39 is 4.92 Å². The number of nitro groups is 1. The first-order valence-corrected chi connectivity index (χ1v) is 6.19. The van der Waals surface area contributed by atoms with Gasteiger partial charge in [0, 0.05) is 17.3 Å². The molecule has 5 nitrogen and oxygen atoms in total. The van der Waals surface area contributed by atoms with E-state index in [9.17, 15) is 10.1 Å². The number of halogens is 1. The van der Waals surface area contributed by atoms with Crippen LogP contribution in [0.5, 0.6) is 0 Å². The fourth-order valence-electron chi connectivity index (χ4n) is 1.82. The van der Waals surface area contributed by atoms with Gasteiger partial charge in [0.25, 0.3) is 5.69 Å². The molecule has 0 bridgehead atoms. The van der Waals surface area contributed by atoms with Crippen molar-refractivity contribution in [2.45, 2.75) is 20.3 Å². The number of rotatable bonds is 3. The molecule has 0 atom stereocenters. The normalized spacial score (nSPS) is 10.5. The van der Waals surface area contributed by atoms with E-state index in [1.165, 1.54) is 6.07 Å². The van der Waals surface area contributed by atoms with E-state index in [4.69, 9.17) is 11.6 Å². The van der Waals surface area contributed by atoms with Crippen molar-refractivity contribution in [2.75, 3.05) is 0 Å². The lowest BCUT2D eigenvalue weighted by molar-refractivity contribution is -0.384. The van der Waals surface area contributed by atoms with Crippen molar-refractivity contribution in [3.05, 3.63) is 50.8 Å². The van der Waals surface area contributed by atoms with Crippen LogP contribution in [-0.4, -0.2) is 14.9 Å². The lowest BCUT2D eigenvalue weighted by Gasteiger charge is -2.08. The first-order valence-electron chi connectivity index (χ1n) is 5.81. The number of nitrogens with zero attached hydrogens (tertiary/aromatic N) is 3. The maximum Gasteiger partial charge on any atom is 0.280 e. The molecule has 6 heteroatoms. The Morgan fingerprint density at radius 1 is 1.32 bits per heavy atom. The van der Waals surface area contributed by atoms with E-state index in [-0.39, 0.29) is 5.69 Å². The largest absolute Gasteiger partial charge is 0.280 e. The molecule has 0 unspecified atom stereocenters. The maximum absolute atomic E-state index is 11.0. The van der Waals surface area contributed by atoms with Crippen LogP contribution in [0.15, 0.2) is 24.3 Å². The van der Waals surface area contributed by atoms with E-state index >= 15 is 0 Å². The van der Waals surface area contributed by atoms with Gasteiger partial charge in [-0.25, -0.2) is 9.97 Å². The molecular formula is C13H12ClN3O2. The zero-order valence-electron chi connectivity index (χ0n) is 10.6. The van der Waals surface area contributed by atoms with Crippen LogP contribution < -0.4 is 0 Å². The minimum absolute atomic E-state index is 0.0236. The lowest BCUT2D eigenvalue weighted by Crippen LogP contribution is -2.01. The fraction of sp³-hybridized carbons (Fsp3) is 0.231. The standard InChI is InChI=1S/C13H12ClN3O2/c1-3-10-8(2)12(14)16-13(15-10)9-6-4-5-7-11(9)17(18)19/h4-7H,3H2,1-2H3. The highest BCUT2D eigenvalue weighted by Gasteiger charge is 2.18. The maximum atomic E-state index is 11.0. The third kappa shape index (κ3) is 2.56. The van der Waals surface area contributed by atoms with Gasteiger partial charge in [-0.15, -0.1) is 0 Å². The Morgan fingerprint density at radius 3 is 2.63 bits per heavy atom. The first kappa shape index (κ1) is 13.4. The molecule has 1 aromatic heterocycles. The van der Waals surface area contributed by atoms with Crippen LogP contribution in [0.3, 0.4) is 0 Å². The molecule has 0 radical (unpaired) electrons. The second kappa shape index (κ2) is 5.32. The number of aromatic nitrogens is 2. The van der Waals surface area contributed by atoms with Crippen molar-refractivity contribution in [3.63, 3.8) is 0 Å². The minimum atomic E-state index is -0.446. The van der Waals surface area contributed by atoms with E-state index in [0.29, 0.717) is 23.0 Å². The van der Waals surface area contributed by atoms with Crippen molar-refractivity contribution in [2.24, 2.45) is 0 Å². The topological polar surface area (TPSA) is 68.9 Å². The first-order chi connectivity index (χ1) is 9.04. The summed E-state index contributed by atoms with van der Waals surface area (Å²) >= 11 is 6.06. The number of hydrogen-bond donors (Lipinski definition) is 0. The molecule has 1 heterocycles.